The summed E-state index contributed by atoms with van der Waals surface area (Å²) in [4.78, 5) is 16.9. The van der Waals surface area contributed by atoms with E-state index < -0.39 is 5.95 Å². The largest absolute Gasteiger partial charge is 0.538 e. The van der Waals surface area contributed by atoms with E-state index in [0.29, 0.717) is 31.9 Å². The average Bonchev–Trinajstić information content (AvgIpc) is 3.10. The van der Waals surface area contributed by atoms with E-state index in [0.717, 1.165) is 5.69 Å². The normalized spacial score (nSPS) is 14.4. The first-order valence-electron chi connectivity index (χ1n) is 8.89. The standard InChI is InChI=1S/C20H20N4O3/c1-15-7-9-16(10-8-15)22-11-13-23(14-12-22)19(25)18-20(26)27-21-24(18)17-5-3-2-4-6-17/h2-10H,11-14H2,1H3. The second kappa shape index (κ2) is 7.11. The monoisotopic (exact) mass is 364 g/mol. The van der Waals surface area contributed by atoms with Gasteiger partial charge in [0.05, 0.1) is 5.27 Å². The summed E-state index contributed by atoms with van der Waals surface area (Å²) in [6.07, 6.45) is 0. The van der Waals surface area contributed by atoms with Crippen LogP contribution in [-0.4, -0.2) is 42.3 Å². The van der Waals surface area contributed by atoms with Crippen LogP contribution in [0.25, 0.3) is 5.69 Å². The van der Waals surface area contributed by atoms with E-state index in [9.17, 15) is 9.90 Å². The van der Waals surface area contributed by atoms with Crippen LogP contribution in [0.4, 0.5) is 5.69 Å². The number of carbonyl (C=O) groups is 1. The van der Waals surface area contributed by atoms with Gasteiger partial charge in [-0.2, -0.15) is 0 Å². The Morgan fingerprint density at radius 2 is 1.70 bits per heavy atom. The predicted octanol–water partition coefficient (Wildman–Crippen LogP) is 1.30. The number of anilines is 1. The first-order valence-corrected chi connectivity index (χ1v) is 8.89. The molecule has 138 valence electrons. The van der Waals surface area contributed by atoms with E-state index in [-0.39, 0.29) is 11.6 Å². The Labute approximate surface area is 157 Å². The zero-order chi connectivity index (χ0) is 18.8. The number of nitrogens with zero attached hydrogens (tertiary/aromatic N) is 4. The van der Waals surface area contributed by atoms with Crippen molar-refractivity contribution in [2.24, 2.45) is 0 Å². The molecule has 0 saturated carbocycles. The summed E-state index contributed by atoms with van der Waals surface area (Å²) in [5.41, 5.74) is 2.91. The zero-order valence-corrected chi connectivity index (χ0v) is 15.0. The second-order valence-corrected chi connectivity index (χ2v) is 6.57. The molecule has 0 N–H and O–H groups in total. The van der Waals surface area contributed by atoms with Gasteiger partial charge in [0, 0.05) is 44.0 Å². The van der Waals surface area contributed by atoms with Crippen LogP contribution >= 0.6 is 0 Å². The number of hydrogen-bond donors (Lipinski definition) is 0. The van der Waals surface area contributed by atoms with Crippen LogP contribution in [-0.2, 0) is 0 Å². The number of hydrogen-bond acceptors (Lipinski definition) is 5. The van der Waals surface area contributed by atoms with Crippen LogP contribution in [0.1, 0.15) is 16.1 Å². The molecule has 1 aliphatic heterocycles. The highest BCUT2D eigenvalue weighted by atomic mass is 16.6. The van der Waals surface area contributed by atoms with Gasteiger partial charge in [-0.25, -0.2) is 0 Å². The number of aromatic nitrogens is 2. The zero-order valence-electron chi connectivity index (χ0n) is 15.0. The van der Waals surface area contributed by atoms with Gasteiger partial charge in [0.15, 0.2) is 5.95 Å². The van der Waals surface area contributed by atoms with Crippen molar-refractivity contribution in [3.63, 3.8) is 0 Å². The lowest BCUT2D eigenvalue weighted by Crippen LogP contribution is -2.51. The number of rotatable bonds is 3. The van der Waals surface area contributed by atoms with Crippen molar-refractivity contribution < 1.29 is 19.1 Å². The molecule has 4 rings (SSSR count). The molecule has 0 spiro atoms. The minimum atomic E-state index is -0.718. The molecule has 2 aromatic carbocycles. The van der Waals surface area contributed by atoms with Crippen molar-refractivity contribution in [2.75, 3.05) is 31.1 Å². The molecule has 0 radical (unpaired) electrons. The molecule has 1 fully saturated rings. The molecule has 7 heteroatoms. The van der Waals surface area contributed by atoms with Gasteiger partial charge in [0.2, 0.25) is 5.69 Å². The van der Waals surface area contributed by atoms with Gasteiger partial charge in [0.1, 0.15) is 0 Å². The summed E-state index contributed by atoms with van der Waals surface area (Å²) in [5, 5.41) is 15.9. The Balaban J connectivity index is 1.50. The van der Waals surface area contributed by atoms with E-state index in [4.69, 9.17) is 4.52 Å². The Kier molecular flexibility index (Phi) is 4.50. The highest BCUT2D eigenvalue weighted by molar-refractivity contribution is 5.92. The number of benzene rings is 2. The van der Waals surface area contributed by atoms with Gasteiger partial charge in [-0.05, 0) is 23.7 Å². The van der Waals surface area contributed by atoms with E-state index in [1.54, 1.807) is 17.0 Å². The van der Waals surface area contributed by atoms with E-state index in [1.165, 1.54) is 10.2 Å². The van der Waals surface area contributed by atoms with E-state index in [2.05, 4.69) is 41.4 Å². The predicted molar refractivity (Wildman–Crippen MR) is 96.8 cm³/mol. The second-order valence-electron chi connectivity index (χ2n) is 6.57. The molecular weight excluding hydrogens is 344 g/mol. The van der Waals surface area contributed by atoms with Gasteiger partial charge < -0.3 is 19.4 Å². The lowest BCUT2D eigenvalue weighted by Gasteiger charge is -2.35. The maximum atomic E-state index is 13.0. The quantitative estimate of drug-likeness (QED) is 0.655. The fourth-order valence-electron chi connectivity index (χ4n) is 3.24. The Hall–Kier alpha value is -3.35. The topological polar surface area (TPSA) is 76.5 Å². The minimum Gasteiger partial charge on any atom is -0.538 e. The Morgan fingerprint density at radius 1 is 1.04 bits per heavy atom. The Bertz CT molecular complexity index is 930. The van der Waals surface area contributed by atoms with Gasteiger partial charge in [0.25, 0.3) is 0 Å². The fourth-order valence-corrected chi connectivity index (χ4v) is 3.24. The number of para-hydroxylation sites is 1. The molecule has 0 atom stereocenters. The molecule has 1 amide bonds. The Morgan fingerprint density at radius 3 is 2.37 bits per heavy atom. The smallest absolute Gasteiger partial charge is 0.327 e. The summed E-state index contributed by atoms with van der Waals surface area (Å²) < 4.78 is 6.04. The van der Waals surface area contributed by atoms with Gasteiger partial charge in [-0.3, -0.25) is 4.79 Å². The highest BCUT2D eigenvalue weighted by Crippen LogP contribution is 2.19. The lowest BCUT2D eigenvalue weighted by molar-refractivity contribution is -0.672. The molecule has 3 aromatic rings. The summed E-state index contributed by atoms with van der Waals surface area (Å²) in [5.74, 6) is -1.07. The van der Waals surface area contributed by atoms with Crippen molar-refractivity contribution in [3.05, 3.63) is 65.9 Å². The summed E-state index contributed by atoms with van der Waals surface area (Å²) in [6, 6.07) is 17.4. The number of carbonyl (C=O) groups excluding carboxylic acids is 1. The van der Waals surface area contributed by atoms with E-state index in [1.807, 2.05) is 18.2 Å². The van der Waals surface area contributed by atoms with Crippen LogP contribution in [0.3, 0.4) is 0 Å². The molecule has 1 aromatic heterocycles. The molecule has 0 unspecified atom stereocenters. The van der Waals surface area contributed by atoms with Gasteiger partial charge in [-0.1, -0.05) is 35.9 Å². The third-order valence-corrected chi connectivity index (χ3v) is 4.78. The molecule has 27 heavy (non-hydrogen) atoms. The van der Waals surface area contributed by atoms with E-state index >= 15 is 0 Å². The first-order chi connectivity index (χ1) is 13.1. The highest BCUT2D eigenvalue weighted by Gasteiger charge is 2.33. The summed E-state index contributed by atoms with van der Waals surface area (Å²) in [6.45, 7) is 4.54. The fraction of sp³-hybridized carbons (Fsp3) is 0.250. The molecule has 2 heterocycles. The number of amides is 1. The van der Waals surface area contributed by atoms with Crippen molar-refractivity contribution >= 4 is 11.6 Å². The SMILES string of the molecule is Cc1ccc(N2CCN(C(=O)c3c([O-])on[n+]3-c3ccccc3)CC2)cc1. The van der Waals surface area contributed by atoms with Gasteiger partial charge in [-0.15, -0.1) is 0 Å². The third-order valence-electron chi connectivity index (χ3n) is 4.78. The van der Waals surface area contributed by atoms with Crippen LogP contribution in [0, 0.1) is 6.92 Å². The van der Waals surface area contributed by atoms with Gasteiger partial charge >= 0.3 is 11.6 Å². The summed E-state index contributed by atoms with van der Waals surface area (Å²) >= 11 is 0. The maximum Gasteiger partial charge on any atom is 0.327 e. The number of aryl methyl sites for hydroxylation is 1. The first kappa shape index (κ1) is 17.1. The molecule has 1 saturated heterocycles. The molecule has 7 nitrogen and oxygen atoms in total. The molecule has 0 bridgehead atoms. The summed E-state index contributed by atoms with van der Waals surface area (Å²) in [7, 11) is 0. The van der Waals surface area contributed by atoms with Crippen LogP contribution in [0.5, 0.6) is 5.95 Å². The maximum absolute atomic E-state index is 13.0. The molecule has 0 aliphatic carbocycles. The minimum absolute atomic E-state index is 0.0648. The molecule has 1 aliphatic rings. The average molecular weight is 364 g/mol. The lowest BCUT2D eigenvalue weighted by atomic mass is 10.2. The van der Waals surface area contributed by atoms with Crippen molar-refractivity contribution in [2.45, 2.75) is 6.92 Å². The van der Waals surface area contributed by atoms with Crippen LogP contribution < -0.4 is 14.7 Å². The van der Waals surface area contributed by atoms with Crippen molar-refractivity contribution in [1.82, 2.24) is 10.2 Å². The van der Waals surface area contributed by atoms with Crippen molar-refractivity contribution in [1.29, 1.82) is 0 Å². The van der Waals surface area contributed by atoms with Crippen LogP contribution in [0.15, 0.2) is 59.1 Å². The van der Waals surface area contributed by atoms with Crippen molar-refractivity contribution in [3.8, 4) is 11.6 Å². The third kappa shape index (κ3) is 3.36. The number of piperazine rings is 1. The molecular formula is C20H20N4O3. The van der Waals surface area contributed by atoms with Crippen LogP contribution in [0.2, 0.25) is 0 Å².